The van der Waals surface area contributed by atoms with Crippen molar-refractivity contribution < 1.29 is 9.66 Å². The summed E-state index contributed by atoms with van der Waals surface area (Å²) in [7, 11) is 1.46. The van der Waals surface area contributed by atoms with Gasteiger partial charge in [-0.3, -0.25) is 19.9 Å². The predicted molar refractivity (Wildman–Crippen MR) is 121 cm³/mol. The van der Waals surface area contributed by atoms with E-state index < -0.39 is 0 Å². The molecule has 3 aromatic carbocycles. The molecule has 0 amide bonds. The topological polar surface area (TPSA) is 58.8 Å². The molecule has 0 spiro atoms. The molecule has 0 aromatic heterocycles. The van der Waals surface area contributed by atoms with E-state index in [-0.39, 0.29) is 16.7 Å². The molecular formula is C25H27N3O3. The van der Waals surface area contributed by atoms with Crippen molar-refractivity contribution in [3.63, 3.8) is 0 Å². The van der Waals surface area contributed by atoms with Crippen molar-refractivity contribution in [1.82, 2.24) is 9.80 Å². The molecule has 0 saturated carbocycles. The number of hydrogen-bond acceptors (Lipinski definition) is 5. The summed E-state index contributed by atoms with van der Waals surface area (Å²) in [5.41, 5.74) is 3.55. The van der Waals surface area contributed by atoms with Crippen LogP contribution in [0.3, 0.4) is 0 Å². The second kappa shape index (κ2) is 9.73. The molecule has 0 radical (unpaired) electrons. The maximum atomic E-state index is 11.3. The Morgan fingerprint density at radius 2 is 1.48 bits per heavy atom. The van der Waals surface area contributed by atoms with Crippen LogP contribution in [-0.2, 0) is 6.54 Å². The molecule has 0 unspecified atom stereocenters. The van der Waals surface area contributed by atoms with E-state index in [4.69, 9.17) is 4.74 Å². The first-order valence-electron chi connectivity index (χ1n) is 10.5. The molecule has 31 heavy (non-hydrogen) atoms. The van der Waals surface area contributed by atoms with E-state index in [1.807, 2.05) is 6.07 Å². The summed E-state index contributed by atoms with van der Waals surface area (Å²) in [6.07, 6.45) is 0. The Morgan fingerprint density at radius 1 is 0.903 bits per heavy atom. The summed E-state index contributed by atoms with van der Waals surface area (Å²) in [6, 6.07) is 26.7. The fourth-order valence-corrected chi connectivity index (χ4v) is 4.30. The molecule has 1 heterocycles. The van der Waals surface area contributed by atoms with Crippen LogP contribution in [0.4, 0.5) is 5.69 Å². The van der Waals surface area contributed by atoms with Gasteiger partial charge in [0, 0.05) is 38.8 Å². The van der Waals surface area contributed by atoms with E-state index in [0.717, 1.165) is 31.7 Å². The monoisotopic (exact) mass is 417 g/mol. The van der Waals surface area contributed by atoms with E-state index in [0.29, 0.717) is 12.3 Å². The second-order valence-corrected chi connectivity index (χ2v) is 7.80. The highest BCUT2D eigenvalue weighted by molar-refractivity contribution is 5.48. The van der Waals surface area contributed by atoms with Gasteiger partial charge in [0.1, 0.15) is 0 Å². The minimum Gasteiger partial charge on any atom is -0.490 e. The molecule has 6 heteroatoms. The van der Waals surface area contributed by atoms with Crippen LogP contribution in [0.1, 0.15) is 22.7 Å². The van der Waals surface area contributed by atoms with Crippen molar-refractivity contribution in [2.24, 2.45) is 0 Å². The summed E-state index contributed by atoms with van der Waals surface area (Å²) >= 11 is 0. The minimum absolute atomic E-state index is 0.0202. The number of ether oxygens (including phenoxy) is 1. The van der Waals surface area contributed by atoms with Gasteiger partial charge in [0.25, 0.3) is 0 Å². The van der Waals surface area contributed by atoms with Gasteiger partial charge in [-0.25, -0.2) is 0 Å². The van der Waals surface area contributed by atoms with Crippen molar-refractivity contribution in [2.45, 2.75) is 12.6 Å². The predicted octanol–water partition coefficient (Wildman–Crippen LogP) is 4.51. The van der Waals surface area contributed by atoms with Crippen LogP contribution in [0.25, 0.3) is 0 Å². The molecule has 6 nitrogen and oxygen atoms in total. The summed E-state index contributed by atoms with van der Waals surface area (Å²) in [5, 5.41) is 11.3. The first-order chi connectivity index (χ1) is 15.2. The van der Waals surface area contributed by atoms with Crippen LogP contribution in [0.2, 0.25) is 0 Å². The Hall–Kier alpha value is -3.22. The maximum Gasteiger partial charge on any atom is 0.311 e. The molecule has 0 bridgehead atoms. The standard InChI is InChI=1S/C25H27N3O3/c1-31-24-13-12-20(18-23(24)28(29)30)19-26-14-16-27(17-15-26)25(21-8-4-2-5-9-21)22-10-6-3-7-11-22/h2-13,18,25H,14-17,19H2,1H3. The Labute approximate surface area is 182 Å². The molecule has 1 aliphatic rings. The average Bonchev–Trinajstić information content (AvgIpc) is 2.82. The van der Waals surface area contributed by atoms with Gasteiger partial charge in [-0.1, -0.05) is 66.7 Å². The Morgan fingerprint density at radius 3 is 2.00 bits per heavy atom. The van der Waals surface area contributed by atoms with Gasteiger partial charge >= 0.3 is 5.69 Å². The Kier molecular flexibility index (Phi) is 6.60. The second-order valence-electron chi connectivity index (χ2n) is 7.80. The van der Waals surface area contributed by atoms with Gasteiger partial charge in [-0.2, -0.15) is 0 Å². The SMILES string of the molecule is COc1ccc(CN2CCN(C(c3ccccc3)c3ccccc3)CC2)cc1[N+](=O)[O-]. The van der Waals surface area contributed by atoms with Crippen molar-refractivity contribution in [1.29, 1.82) is 0 Å². The molecule has 0 aliphatic carbocycles. The highest BCUT2D eigenvalue weighted by Crippen LogP contribution is 2.31. The van der Waals surface area contributed by atoms with Crippen molar-refractivity contribution in [3.8, 4) is 5.75 Å². The van der Waals surface area contributed by atoms with E-state index in [1.54, 1.807) is 12.1 Å². The smallest absolute Gasteiger partial charge is 0.311 e. The largest absolute Gasteiger partial charge is 0.490 e. The van der Waals surface area contributed by atoms with Crippen LogP contribution in [0.5, 0.6) is 5.75 Å². The van der Waals surface area contributed by atoms with Gasteiger partial charge in [0.05, 0.1) is 18.1 Å². The lowest BCUT2D eigenvalue weighted by Gasteiger charge is -2.39. The normalized spacial score (nSPS) is 15.2. The first kappa shape index (κ1) is 21.0. The van der Waals surface area contributed by atoms with Crippen LogP contribution >= 0.6 is 0 Å². The van der Waals surface area contributed by atoms with E-state index in [1.165, 1.54) is 18.2 Å². The molecule has 1 aliphatic heterocycles. The number of rotatable bonds is 7. The van der Waals surface area contributed by atoms with Crippen LogP contribution in [0, 0.1) is 10.1 Å². The van der Waals surface area contributed by atoms with Crippen molar-refractivity contribution in [3.05, 3.63) is 106 Å². The van der Waals surface area contributed by atoms with Gasteiger partial charge in [0.15, 0.2) is 5.75 Å². The fourth-order valence-electron chi connectivity index (χ4n) is 4.30. The quantitative estimate of drug-likeness (QED) is 0.418. The molecule has 0 atom stereocenters. The lowest BCUT2D eigenvalue weighted by molar-refractivity contribution is -0.385. The third-order valence-electron chi connectivity index (χ3n) is 5.85. The number of piperazine rings is 1. The van der Waals surface area contributed by atoms with Crippen LogP contribution in [0.15, 0.2) is 78.9 Å². The minimum atomic E-state index is -0.384. The zero-order chi connectivity index (χ0) is 21.6. The van der Waals surface area contributed by atoms with Gasteiger partial charge in [-0.05, 0) is 22.8 Å². The lowest BCUT2D eigenvalue weighted by Crippen LogP contribution is -2.47. The molecule has 3 aromatic rings. The molecule has 1 saturated heterocycles. The number of methoxy groups -OCH3 is 1. The first-order valence-corrected chi connectivity index (χ1v) is 10.5. The van der Waals surface area contributed by atoms with E-state index in [9.17, 15) is 10.1 Å². The third kappa shape index (κ3) is 4.93. The number of nitrogens with zero attached hydrogens (tertiary/aromatic N) is 3. The van der Waals surface area contributed by atoms with Crippen molar-refractivity contribution >= 4 is 5.69 Å². The van der Waals surface area contributed by atoms with E-state index >= 15 is 0 Å². The maximum absolute atomic E-state index is 11.3. The van der Waals surface area contributed by atoms with Crippen LogP contribution in [-0.4, -0.2) is 48.0 Å². The van der Waals surface area contributed by atoms with Crippen LogP contribution < -0.4 is 4.74 Å². The molecule has 4 rings (SSSR count). The summed E-state index contributed by atoms with van der Waals surface area (Å²) < 4.78 is 5.11. The molecular weight excluding hydrogens is 390 g/mol. The van der Waals surface area contributed by atoms with Gasteiger partial charge < -0.3 is 4.74 Å². The average molecular weight is 418 g/mol. The van der Waals surface area contributed by atoms with Crippen molar-refractivity contribution in [2.75, 3.05) is 33.3 Å². The summed E-state index contributed by atoms with van der Waals surface area (Å²) in [5.74, 6) is 0.298. The Balaban J connectivity index is 1.46. The summed E-state index contributed by atoms with van der Waals surface area (Å²) in [4.78, 5) is 15.8. The molecule has 0 N–H and O–H groups in total. The van der Waals surface area contributed by atoms with E-state index in [2.05, 4.69) is 70.5 Å². The van der Waals surface area contributed by atoms with Gasteiger partial charge in [0.2, 0.25) is 0 Å². The number of nitro benzene ring substituents is 1. The highest BCUT2D eigenvalue weighted by atomic mass is 16.6. The number of hydrogen-bond donors (Lipinski definition) is 0. The summed E-state index contributed by atoms with van der Waals surface area (Å²) in [6.45, 7) is 4.39. The lowest BCUT2D eigenvalue weighted by atomic mass is 9.96. The number of benzene rings is 3. The molecule has 1 fully saturated rings. The molecule has 160 valence electrons. The zero-order valence-corrected chi connectivity index (χ0v) is 17.7. The Bertz CT molecular complexity index is 964. The fraction of sp³-hybridized carbons (Fsp3) is 0.280. The van der Waals surface area contributed by atoms with Gasteiger partial charge in [-0.15, -0.1) is 0 Å². The number of nitro groups is 1. The zero-order valence-electron chi connectivity index (χ0n) is 17.7. The highest BCUT2D eigenvalue weighted by Gasteiger charge is 2.26. The third-order valence-corrected chi connectivity index (χ3v) is 5.85.